The van der Waals surface area contributed by atoms with Gasteiger partial charge in [0.05, 0.1) is 16.6 Å². The van der Waals surface area contributed by atoms with Crippen molar-refractivity contribution in [2.24, 2.45) is 7.05 Å². The number of benzene rings is 5. The number of fused-ring (bicyclic) bond motifs is 5. The molecule has 0 bridgehead atoms. The highest BCUT2D eigenvalue weighted by molar-refractivity contribution is 6.13. The highest BCUT2D eigenvalue weighted by Crippen LogP contribution is 2.39. The van der Waals surface area contributed by atoms with Gasteiger partial charge in [0.2, 0.25) is 0 Å². The summed E-state index contributed by atoms with van der Waals surface area (Å²) in [6.07, 6.45) is 1.83. The van der Waals surface area contributed by atoms with Gasteiger partial charge < -0.3 is 8.98 Å². The Morgan fingerprint density at radius 2 is 1.44 bits per heavy atom. The number of hydrogen-bond acceptors (Lipinski definition) is 3. The van der Waals surface area contributed by atoms with Gasteiger partial charge in [-0.1, -0.05) is 66.7 Å². The van der Waals surface area contributed by atoms with Crippen molar-refractivity contribution in [1.82, 2.24) is 14.5 Å². The van der Waals surface area contributed by atoms with E-state index >= 15 is 0 Å². The Balaban J connectivity index is 1.24. The second-order valence-electron chi connectivity index (χ2n) is 9.96. The maximum absolute atomic E-state index is 6.29. The molecule has 0 spiro atoms. The molecule has 3 aromatic heterocycles. The average molecular weight is 502 g/mol. The lowest BCUT2D eigenvalue weighted by atomic mass is 9.96. The van der Waals surface area contributed by atoms with Crippen molar-refractivity contribution in [2.75, 3.05) is 0 Å². The van der Waals surface area contributed by atoms with E-state index in [0.717, 1.165) is 77.5 Å². The third-order valence-corrected chi connectivity index (χ3v) is 7.67. The standard InChI is InChI=1S/C35H23N3O/c1-38-31-9-3-2-8-30(31)37-35(38)23-13-11-22(12-14-23)24-16-18-32-28(21-24)34-27(7-4-10-33(34)39-32)25-15-17-29-26(20-25)6-5-19-36-29/h2-21H,1H3. The van der Waals surface area contributed by atoms with E-state index in [9.17, 15) is 0 Å². The van der Waals surface area contributed by atoms with E-state index in [1.54, 1.807) is 0 Å². The van der Waals surface area contributed by atoms with Crippen LogP contribution in [0.1, 0.15) is 0 Å². The molecule has 8 rings (SSSR count). The first-order valence-corrected chi connectivity index (χ1v) is 13.1. The highest BCUT2D eigenvalue weighted by atomic mass is 16.3. The molecule has 0 aliphatic carbocycles. The van der Waals surface area contributed by atoms with Gasteiger partial charge in [-0.15, -0.1) is 0 Å². The van der Waals surface area contributed by atoms with E-state index in [1.807, 2.05) is 24.4 Å². The smallest absolute Gasteiger partial charge is 0.140 e. The number of furan rings is 1. The molecule has 184 valence electrons. The van der Waals surface area contributed by atoms with E-state index in [1.165, 1.54) is 0 Å². The molecule has 0 N–H and O–H groups in total. The van der Waals surface area contributed by atoms with Crippen LogP contribution in [0.25, 0.3) is 77.5 Å². The number of aromatic nitrogens is 3. The lowest BCUT2D eigenvalue weighted by Gasteiger charge is -2.07. The molecule has 0 aliphatic rings. The Hall–Kier alpha value is -5.22. The van der Waals surface area contributed by atoms with Gasteiger partial charge in [-0.2, -0.15) is 0 Å². The average Bonchev–Trinajstić information content (AvgIpc) is 3.54. The van der Waals surface area contributed by atoms with Crippen molar-refractivity contribution in [3.8, 4) is 33.6 Å². The Bertz CT molecular complexity index is 2180. The number of nitrogens with zero attached hydrogens (tertiary/aromatic N) is 3. The third kappa shape index (κ3) is 3.46. The summed E-state index contributed by atoms with van der Waals surface area (Å²) in [6.45, 7) is 0. The van der Waals surface area contributed by atoms with Gasteiger partial charge in [0.25, 0.3) is 0 Å². The molecule has 3 heterocycles. The van der Waals surface area contributed by atoms with E-state index in [4.69, 9.17) is 9.40 Å². The summed E-state index contributed by atoms with van der Waals surface area (Å²) in [6, 6.07) is 40.2. The monoisotopic (exact) mass is 501 g/mol. The second kappa shape index (κ2) is 8.40. The van der Waals surface area contributed by atoms with Gasteiger partial charge in [-0.25, -0.2) is 4.98 Å². The van der Waals surface area contributed by atoms with Crippen LogP contribution in [0.15, 0.2) is 126 Å². The molecule has 0 radical (unpaired) electrons. The van der Waals surface area contributed by atoms with Crippen LogP contribution in [0.2, 0.25) is 0 Å². The summed E-state index contributed by atoms with van der Waals surface area (Å²) in [7, 11) is 2.07. The van der Waals surface area contributed by atoms with Crippen molar-refractivity contribution in [1.29, 1.82) is 0 Å². The first-order valence-electron chi connectivity index (χ1n) is 13.1. The van der Waals surface area contributed by atoms with Crippen molar-refractivity contribution in [2.45, 2.75) is 0 Å². The molecule has 4 heteroatoms. The summed E-state index contributed by atoms with van der Waals surface area (Å²) in [5.41, 5.74) is 10.6. The fraction of sp³-hybridized carbons (Fsp3) is 0.0286. The normalized spacial score (nSPS) is 11.7. The van der Waals surface area contributed by atoms with Crippen molar-refractivity contribution >= 4 is 43.9 Å². The van der Waals surface area contributed by atoms with Crippen LogP contribution in [0.5, 0.6) is 0 Å². The number of aryl methyl sites for hydroxylation is 1. The van der Waals surface area contributed by atoms with Gasteiger partial charge in [0, 0.05) is 35.0 Å². The van der Waals surface area contributed by atoms with Crippen molar-refractivity contribution < 1.29 is 4.42 Å². The first kappa shape index (κ1) is 21.8. The minimum absolute atomic E-state index is 0.889. The SMILES string of the molecule is Cn1c(-c2ccc(-c3ccc4oc5cccc(-c6ccc7ncccc7c6)c5c4c3)cc2)nc2ccccc21. The van der Waals surface area contributed by atoms with Crippen molar-refractivity contribution in [3.63, 3.8) is 0 Å². The third-order valence-electron chi connectivity index (χ3n) is 7.67. The molecule has 0 atom stereocenters. The number of para-hydroxylation sites is 2. The number of imidazole rings is 1. The summed E-state index contributed by atoms with van der Waals surface area (Å²) >= 11 is 0. The van der Waals surface area contributed by atoms with E-state index in [0.29, 0.717) is 0 Å². The zero-order chi connectivity index (χ0) is 25.9. The topological polar surface area (TPSA) is 43.9 Å². The molecule has 5 aromatic carbocycles. The first-order chi connectivity index (χ1) is 19.2. The largest absolute Gasteiger partial charge is 0.456 e. The molecule has 0 fully saturated rings. The summed E-state index contributed by atoms with van der Waals surface area (Å²) in [5, 5.41) is 3.37. The lowest BCUT2D eigenvalue weighted by molar-refractivity contribution is 0.669. The van der Waals surface area contributed by atoms with Gasteiger partial charge in [-0.05, 0) is 70.8 Å². The predicted molar refractivity (Wildman–Crippen MR) is 160 cm³/mol. The summed E-state index contributed by atoms with van der Waals surface area (Å²) in [4.78, 5) is 9.34. The molecule has 0 saturated heterocycles. The van der Waals surface area contributed by atoms with E-state index in [2.05, 4.69) is 114 Å². The van der Waals surface area contributed by atoms with Crippen LogP contribution >= 0.6 is 0 Å². The zero-order valence-electron chi connectivity index (χ0n) is 21.3. The number of pyridine rings is 1. The Morgan fingerprint density at radius 3 is 2.33 bits per heavy atom. The summed E-state index contributed by atoms with van der Waals surface area (Å²) < 4.78 is 8.44. The molecule has 39 heavy (non-hydrogen) atoms. The number of hydrogen-bond donors (Lipinski definition) is 0. The molecular weight excluding hydrogens is 478 g/mol. The second-order valence-corrected chi connectivity index (χ2v) is 9.96. The Kier molecular flexibility index (Phi) is 4.70. The molecular formula is C35H23N3O. The maximum Gasteiger partial charge on any atom is 0.140 e. The van der Waals surface area contributed by atoms with Gasteiger partial charge >= 0.3 is 0 Å². The van der Waals surface area contributed by atoms with Crippen LogP contribution in [-0.2, 0) is 7.05 Å². The number of rotatable bonds is 3. The quantitative estimate of drug-likeness (QED) is 0.243. The zero-order valence-corrected chi connectivity index (χ0v) is 21.3. The molecule has 4 nitrogen and oxygen atoms in total. The highest BCUT2D eigenvalue weighted by Gasteiger charge is 2.15. The fourth-order valence-corrected chi connectivity index (χ4v) is 5.71. The minimum atomic E-state index is 0.889. The van der Waals surface area contributed by atoms with Crippen LogP contribution in [0.4, 0.5) is 0 Å². The van der Waals surface area contributed by atoms with Crippen LogP contribution in [-0.4, -0.2) is 14.5 Å². The Morgan fingerprint density at radius 1 is 0.615 bits per heavy atom. The van der Waals surface area contributed by atoms with E-state index < -0.39 is 0 Å². The van der Waals surface area contributed by atoms with Crippen LogP contribution < -0.4 is 0 Å². The van der Waals surface area contributed by atoms with Gasteiger partial charge in [0.15, 0.2) is 0 Å². The molecule has 0 unspecified atom stereocenters. The fourth-order valence-electron chi connectivity index (χ4n) is 5.71. The van der Waals surface area contributed by atoms with Crippen molar-refractivity contribution in [3.05, 3.63) is 121 Å². The van der Waals surface area contributed by atoms with Crippen LogP contribution in [0, 0.1) is 0 Å². The molecule has 0 amide bonds. The lowest BCUT2D eigenvalue weighted by Crippen LogP contribution is -1.92. The summed E-state index contributed by atoms with van der Waals surface area (Å²) in [5.74, 6) is 0.967. The van der Waals surface area contributed by atoms with E-state index in [-0.39, 0.29) is 0 Å². The minimum Gasteiger partial charge on any atom is -0.456 e. The van der Waals surface area contributed by atoms with Crippen LogP contribution in [0.3, 0.4) is 0 Å². The predicted octanol–water partition coefficient (Wildman–Crippen LogP) is 9.02. The molecule has 0 aliphatic heterocycles. The molecule has 0 saturated carbocycles. The molecule has 8 aromatic rings. The Labute approximate surface area is 224 Å². The van der Waals surface area contributed by atoms with Gasteiger partial charge in [0.1, 0.15) is 17.0 Å². The maximum atomic E-state index is 6.29. The van der Waals surface area contributed by atoms with Gasteiger partial charge in [-0.3, -0.25) is 4.98 Å².